The van der Waals surface area contributed by atoms with Gasteiger partial charge in [0.15, 0.2) is 0 Å². The zero-order valence-corrected chi connectivity index (χ0v) is 9.81. The molecule has 1 unspecified atom stereocenters. The van der Waals surface area contributed by atoms with Crippen LogP contribution in [0, 0.1) is 5.92 Å². The molecule has 0 aromatic heterocycles. The zero-order chi connectivity index (χ0) is 11.7. The van der Waals surface area contributed by atoms with E-state index in [1.807, 2.05) is 17.0 Å². The van der Waals surface area contributed by atoms with Gasteiger partial charge in [0.25, 0.3) is 0 Å². The van der Waals surface area contributed by atoms with E-state index in [0.717, 1.165) is 18.5 Å². The Balaban J connectivity index is 2.38. The van der Waals surface area contributed by atoms with Gasteiger partial charge in [0.05, 0.1) is 0 Å². The van der Waals surface area contributed by atoms with E-state index >= 15 is 0 Å². The van der Waals surface area contributed by atoms with Crippen LogP contribution in [0.5, 0.6) is 0 Å². The topological polar surface area (TPSA) is 46.3 Å². The Kier molecular flexibility index (Phi) is 2.86. The van der Waals surface area contributed by atoms with Crippen LogP contribution in [0.3, 0.4) is 0 Å². The lowest BCUT2D eigenvalue weighted by Gasteiger charge is -2.37. The number of anilines is 1. The highest BCUT2D eigenvalue weighted by Gasteiger charge is 2.28. The molecule has 2 rings (SSSR count). The first-order valence-electron chi connectivity index (χ1n) is 5.70. The fraction of sp³-hybridized carbons (Fsp3) is 0.462. The van der Waals surface area contributed by atoms with Crippen molar-refractivity contribution in [3.8, 4) is 0 Å². The van der Waals surface area contributed by atoms with Gasteiger partial charge in [-0.25, -0.2) is 0 Å². The summed E-state index contributed by atoms with van der Waals surface area (Å²) in [6.07, 6.45) is 1.83. The van der Waals surface area contributed by atoms with Crippen LogP contribution in [-0.4, -0.2) is 17.4 Å². The zero-order valence-electron chi connectivity index (χ0n) is 9.81. The van der Waals surface area contributed by atoms with Crippen molar-refractivity contribution in [2.24, 2.45) is 5.92 Å². The molecule has 0 saturated carbocycles. The van der Waals surface area contributed by atoms with E-state index in [-0.39, 0.29) is 6.04 Å². The van der Waals surface area contributed by atoms with E-state index in [1.54, 1.807) is 0 Å². The quantitative estimate of drug-likeness (QED) is 0.608. The van der Waals surface area contributed by atoms with E-state index in [0.29, 0.717) is 12.5 Å². The maximum absolute atomic E-state index is 11.1. The molecule has 1 atom stereocenters. The minimum Gasteiger partial charge on any atom is -0.398 e. The van der Waals surface area contributed by atoms with E-state index in [2.05, 4.69) is 19.9 Å². The molecular weight excluding hydrogens is 200 g/mol. The highest BCUT2D eigenvalue weighted by atomic mass is 16.1. The molecule has 1 aromatic rings. The Morgan fingerprint density at radius 1 is 1.50 bits per heavy atom. The van der Waals surface area contributed by atoms with Crippen molar-refractivity contribution in [3.05, 3.63) is 29.3 Å². The predicted octanol–water partition coefficient (Wildman–Crippen LogP) is 1.81. The first kappa shape index (κ1) is 11.0. The molecule has 1 aliphatic heterocycles. The monoisotopic (exact) mass is 218 g/mol. The summed E-state index contributed by atoms with van der Waals surface area (Å²) in [4.78, 5) is 12.9. The van der Waals surface area contributed by atoms with Gasteiger partial charge in [-0.1, -0.05) is 26.0 Å². The molecule has 1 aliphatic rings. The first-order valence-corrected chi connectivity index (χ1v) is 5.70. The second-order valence-electron chi connectivity index (χ2n) is 4.78. The molecule has 86 valence electrons. The Labute approximate surface area is 96.2 Å². The lowest BCUT2D eigenvalue weighted by molar-refractivity contribution is -0.122. The van der Waals surface area contributed by atoms with Crippen molar-refractivity contribution in [2.75, 3.05) is 5.73 Å². The summed E-state index contributed by atoms with van der Waals surface area (Å²) >= 11 is 0. The molecule has 3 nitrogen and oxygen atoms in total. The highest BCUT2D eigenvalue weighted by molar-refractivity contribution is 5.56. The van der Waals surface area contributed by atoms with Crippen molar-refractivity contribution in [1.29, 1.82) is 0 Å². The number of hydrogen-bond donors (Lipinski definition) is 1. The van der Waals surface area contributed by atoms with Crippen LogP contribution < -0.4 is 5.73 Å². The first-order chi connectivity index (χ1) is 7.63. The number of nitrogen functional groups attached to an aromatic ring is 1. The molecule has 1 amide bonds. The fourth-order valence-corrected chi connectivity index (χ4v) is 2.43. The molecule has 2 N–H and O–H groups in total. The van der Waals surface area contributed by atoms with Crippen LogP contribution in [0.4, 0.5) is 5.69 Å². The third-order valence-corrected chi connectivity index (χ3v) is 3.41. The molecule has 0 radical (unpaired) electrons. The number of nitrogens with zero attached hydrogens (tertiary/aromatic N) is 1. The number of amides is 1. The van der Waals surface area contributed by atoms with Crippen LogP contribution in [0.1, 0.15) is 25.0 Å². The Morgan fingerprint density at radius 3 is 2.88 bits per heavy atom. The van der Waals surface area contributed by atoms with Gasteiger partial charge < -0.3 is 10.6 Å². The number of hydrogen-bond acceptors (Lipinski definition) is 2. The molecule has 1 aromatic carbocycles. The van der Waals surface area contributed by atoms with Crippen molar-refractivity contribution in [3.63, 3.8) is 0 Å². The molecule has 1 heterocycles. The van der Waals surface area contributed by atoms with Crippen LogP contribution in [0.25, 0.3) is 0 Å². The number of rotatable bonds is 2. The minimum absolute atomic E-state index is 0.273. The van der Waals surface area contributed by atoms with Crippen LogP contribution in [0.2, 0.25) is 0 Å². The molecule has 3 heteroatoms. The summed E-state index contributed by atoms with van der Waals surface area (Å²) < 4.78 is 0. The Bertz CT molecular complexity index is 401. The summed E-state index contributed by atoms with van der Waals surface area (Å²) in [7, 11) is 0. The summed E-state index contributed by atoms with van der Waals surface area (Å²) in [6.45, 7) is 4.98. The SMILES string of the molecule is CC(C)C1Cc2c(N)cccc2CN1C=O. The average Bonchev–Trinajstić information content (AvgIpc) is 2.27. The summed E-state index contributed by atoms with van der Waals surface area (Å²) in [5.74, 6) is 0.456. The molecule has 0 bridgehead atoms. The highest BCUT2D eigenvalue weighted by Crippen LogP contribution is 2.29. The van der Waals surface area contributed by atoms with Crippen LogP contribution >= 0.6 is 0 Å². The minimum atomic E-state index is 0.273. The van der Waals surface area contributed by atoms with E-state index in [4.69, 9.17) is 5.73 Å². The van der Waals surface area contributed by atoms with E-state index in [9.17, 15) is 4.79 Å². The summed E-state index contributed by atoms with van der Waals surface area (Å²) in [5, 5.41) is 0. The van der Waals surface area contributed by atoms with Gasteiger partial charge >= 0.3 is 0 Å². The van der Waals surface area contributed by atoms with Gasteiger partial charge in [0.1, 0.15) is 0 Å². The number of nitrogens with two attached hydrogens (primary N) is 1. The number of fused-ring (bicyclic) bond motifs is 1. The number of benzene rings is 1. The van der Waals surface area contributed by atoms with Gasteiger partial charge in [-0.3, -0.25) is 4.79 Å². The van der Waals surface area contributed by atoms with Gasteiger partial charge in [-0.15, -0.1) is 0 Å². The predicted molar refractivity (Wildman–Crippen MR) is 64.8 cm³/mol. The van der Waals surface area contributed by atoms with Crippen molar-refractivity contribution in [1.82, 2.24) is 4.90 Å². The molecule has 0 spiro atoms. The van der Waals surface area contributed by atoms with E-state index in [1.165, 1.54) is 11.1 Å². The van der Waals surface area contributed by atoms with Gasteiger partial charge in [-0.05, 0) is 29.5 Å². The summed E-state index contributed by atoms with van der Waals surface area (Å²) in [5.41, 5.74) is 9.24. The molecular formula is C13H18N2O. The third kappa shape index (κ3) is 1.77. The smallest absolute Gasteiger partial charge is 0.210 e. The fourth-order valence-electron chi connectivity index (χ4n) is 2.43. The second-order valence-corrected chi connectivity index (χ2v) is 4.78. The Hall–Kier alpha value is -1.51. The molecule has 0 aliphatic carbocycles. The summed E-state index contributed by atoms with van der Waals surface area (Å²) in [6, 6.07) is 6.22. The normalized spacial score (nSPS) is 19.7. The lowest BCUT2D eigenvalue weighted by atomic mass is 9.87. The maximum Gasteiger partial charge on any atom is 0.210 e. The van der Waals surface area contributed by atoms with Crippen molar-refractivity contribution < 1.29 is 4.79 Å². The second kappa shape index (κ2) is 4.16. The maximum atomic E-state index is 11.1. The molecule has 0 saturated heterocycles. The van der Waals surface area contributed by atoms with Gasteiger partial charge in [0, 0.05) is 18.3 Å². The lowest BCUT2D eigenvalue weighted by Crippen LogP contribution is -2.42. The van der Waals surface area contributed by atoms with Crippen LogP contribution in [-0.2, 0) is 17.8 Å². The van der Waals surface area contributed by atoms with Crippen LogP contribution in [0.15, 0.2) is 18.2 Å². The van der Waals surface area contributed by atoms with Gasteiger partial charge in [-0.2, -0.15) is 0 Å². The number of carbonyl (C=O) groups is 1. The van der Waals surface area contributed by atoms with Crippen molar-refractivity contribution in [2.45, 2.75) is 32.9 Å². The van der Waals surface area contributed by atoms with Crippen molar-refractivity contribution >= 4 is 12.1 Å². The standard InChI is InChI=1S/C13H18N2O/c1-9(2)13-6-11-10(7-15(13)8-16)4-3-5-12(11)14/h3-5,8-9,13H,6-7,14H2,1-2H3. The van der Waals surface area contributed by atoms with Gasteiger partial charge in [0.2, 0.25) is 6.41 Å². The largest absolute Gasteiger partial charge is 0.398 e. The Morgan fingerprint density at radius 2 is 2.25 bits per heavy atom. The third-order valence-electron chi connectivity index (χ3n) is 3.41. The molecule has 0 fully saturated rings. The average molecular weight is 218 g/mol. The van der Waals surface area contributed by atoms with E-state index < -0.39 is 0 Å². The number of carbonyl (C=O) groups excluding carboxylic acids is 1. The molecule has 16 heavy (non-hydrogen) atoms.